The molecule has 28 heavy (non-hydrogen) atoms. The molecule has 4 rings (SSSR count). The quantitative estimate of drug-likeness (QED) is 0.527. The van der Waals surface area contributed by atoms with Gasteiger partial charge in [-0.3, -0.25) is 9.59 Å². The third-order valence-electron chi connectivity index (χ3n) is 4.80. The molecule has 2 amide bonds. The van der Waals surface area contributed by atoms with Gasteiger partial charge in [-0.15, -0.1) is 11.3 Å². The Labute approximate surface area is 166 Å². The van der Waals surface area contributed by atoms with E-state index in [1.165, 1.54) is 0 Å². The lowest BCUT2D eigenvalue weighted by atomic mass is 10.3. The number of nitrogens with one attached hydrogen (secondary N) is 2. The van der Waals surface area contributed by atoms with Crippen LogP contribution in [-0.2, 0) is 24.9 Å². The highest BCUT2D eigenvalue weighted by Gasteiger charge is 2.15. The molecule has 4 aromatic rings. The molecule has 3 aromatic heterocycles. The summed E-state index contributed by atoms with van der Waals surface area (Å²) >= 11 is 1.59. The van der Waals surface area contributed by atoms with E-state index in [1.54, 1.807) is 11.3 Å². The average Bonchev–Trinajstić information content (AvgIpc) is 3.38. The van der Waals surface area contributed by atoms with Crippen molar-refractivity contribution >= 4 is 44.4 Å². The van der Waals surface area contributed by atoms with E-state index in [4.69, 9.17) is 0 Å². The molecule has 7 nitrogen and oxygen atoms in total. The lowest BCUT2D eigenvalue weighted by Crippen LogP contribution is -2.37. The maximum absolute atomic E-state index is 12.4. The summed E-state index contributed by atoms with van der Waals surface area (Å²) in [5.74, 6) is 0.284. The second kappa shape index (κ2) is 7.47. The van der Waals surface area contributed by atoms with Gasteiger partial charge in [0.05, 0.1) is 34.3 Å². The molecule has 0 radical (unpaired) electrons. The van der Waals surface area contributed by atoms with Gasteiger partial charge in [0.2, 0.25) is 5.91 Å². The summed E-state index contributed by atoms with van der Waals surface area (Å²) in [5, 5.41) is 7.51. The summed E-state index contributed by atoms with van der Waals surface area (Å²) < 4.78 is 4.96. The fourth-order valence-electron chi connectivity index (χ4n) is 3.37. The lowest BCUT2D eigenvalue weighted by molar-refractivity contribution is -0.120. The molecule has 1 aromatic carbocycles. The first-order valence-corrected chi connectivity index (χ1v) is 9.98. The van der Waals surface area contributed by atoms with Gasteiger partial charge in [0.1, 0.15) is 11.5 Å². The normalized spacial score (nSPS) is 11.2. The minimum absolute atomic E-state index is 0.0793. The number of rotatable bonds is 6. The van der Waals surface area contributed by atoms with E-state index in [2.05, 4.69) is 20.2 Å². The molecule has 0 saturated heterocycles. The second-order valence-electron chi connectivity index (χ2n) is 6.48. The third kappa shape index (κ3) is 3.27. The van der Waals surface area contributed by atoms with E-state index < -0.39 is 0 Å². The maximum Gasteiger partial charge on any atom is 0.268 e. The first-order valence-electron chi connectivity index (χ1n) is 9.10. The molecule has 0 spiro atoms. The summed E-state index contributed by atoms with van der Waals surface area (Å²) in [6.45, 7) is 3.05. The number of nitrogens with zero attached hydrogens (tertiary/aromatic N) is 3. The first kappa shape index (κ1) is 18.2. The van der Waals surface area contributed by atoms with E-state index in [0.29, 0.717) is 12.2 Å². The number of amides is 2. The zero-order valence-electron chi connectivity index (χ0n) is 15.7. The van der Waals surface area contributed by atoms with Crippen LogP contribution in [0.5, 0.6) is 0 Å². The highest BCUT2D eigenvalue weighted by molar-refractivity contribution is 7.17. The highest BCUT2D eigenvalue weighted by Crippen LogP contribution is 2.24. The van der Waals surface area contributed by atoms with Gasteiger partial charge in [-0.25, -0.2) is 4.98 Å². The van der Waals surface area contributed by atoms with Crippen LogP contribution in [0.3, 0.4) is 0 Å². The molecule has 0 aliphatic rings. The number of imidazole rings is 1. The Kier molecular flexibility index (Phi) is 4.87. The SMILES string of the molecule is CCn1c(CNC(=O)CNC(=O)c2cc3sccc3n2C)nc2ccccc21. The fraction of sp³-hybridized carbons (Fsp3) is 0.250. The number of benzene rings is 1. The molecule has 144 valence electrons. The second-order valence-corrected chi connectivity index (χ2v) is 7.43. The monoisotopic (exact) mass is 395 g/mol. The Bertz CT molecular complexity index is 1170. The summed E-state index contributed by atoms with van der Waals surface area (Å²) in [6.07, 6.45) is 0. The van der Waals surface area contributed by atoms with Crippen LogP contribution < -0.4 is 10.6 Å². The van der Waals surface area contributed by atoms with Crippen LogP contribution in [0.15, 0.2) is 41.8 Å². The fourth-order valence-corrected chi connectivity index (χ4v) is 4.22. The van der Waals surface area contributed by atoms with Crippen molar-refractivity contribution in [3.8, 4) is 0 Å². The van der Waals surface area contributed by atoms with Gasteiger partial charge in [-0.2, -0.15) is 0 Å². The summed E-state index contributed by atoms with van der Waals surface area (Å²) in [6, 6.07) is 11.7. The first-order chi connectivity index (χ1) is 13.6. The average molecular weight is 395 g/mol. The predicted octanol–water partition coefficient (Wildman–Crippen LogP) is 2.66. The Morgan fingerprint density at radius 3 is 2.75 bits per heavy atom. The topological polar surface area (TPSA) is 81.0 Å². The summed E-state index contributed by atoms with van der Waals surface area (Å²) in [5.41, 5.74) is 3.51. The van der Waals surface area contributed by atoms with Gasteiger partial charge in [-0.05, 0) is 36.6 Å². The summed E-state index contributed by atoms with van der Waals surface area (Å²) in [7, 11) is 1.85. The minimum atomic E-state index is -0.262. The predicted molar refractivity (Wildman–Crippen MR) is 110 cm³/mol. The molecule has 0 aliphatic carbocycles. The number of aryl methyl sites for hydroxylation is 2. The zero-order chi connectivity index (χ0) is 19.7. The number of fused-ring (bicyclic) bond motifs is 2. The molecular weight excluding hydrogens is 374 g/mol. The summed E-state index contributed by atoms with van der Waals surface area (Å²) in [4.78, 5) is 29.2. The number of aromatic nitrogens is 3. The van der Waals surface area contributed by atoms with Crippen molar-refractivity contribution in [1.29, 1.82) is 0 Å². The largest absolute Gasteiger partial charge is 0.347 e. The van der Waals surface area contributed by atoms with E-state index in [0.717, 1.165) is 33.6 Å². The smallest absolute Gasteiger partial charge is 0.268 e. The van der Waals surface area contributed by atoms with Gasteiger partial charge in [0.25, 0.3) is 5.91 Å². The van der Waals surface area contributed by atoms with Crippen molar-refractivity contribution in [3.05, 3.63) is 53.3 Å². The van der Waals surface area contributed by atoms with Crippen LogP contribution in [0.1, 0.15) is 23.2 Å². The Morgan fingerprint density at radius 2 is 1.96 bits per heavy atom. The van der Waals surface area contributed by atoms with Crippen LogP contribution in [-0.4, -0.2) is 32.5 Å². The van der Waals surface area contributed by atoms with E-state index >= 15 is 0 Å². The number of para-hydroxylation sites is 2. The number of carbonyl (C=O) groups is 2. The van der Waals surface area contributed by atoms with E-state index in [1.807, 2.05) is 60.3 Å². The van der Waals surface area contributed by atoms with Gasteiger partial charge < -0.3 is 19.8 Å². The molecule has 0 aliphatic heterocycles. The Hall–Kier alpha value is -3.13. The molecule has 2 N–H and O–H groups in total. The van der Waals surface area contributed by atoms with Crippen molar-refractivity contribution in [1.82, 2.24) is 24.8 Å². The molecule has 0 atom stereocenters. The van der Waals surface area contributed by atoms with Crippen LogP contribution in [0.4, 0.5) is 0 Å². The van der Waals surface area contributed by atoms with Gasteiger partial charge in [0, 0.05) is 13.6 Å². The lowest BCUT2D eigenvalue weighted by Gasteiger charge is -2.09. The van der Waals surface area contributed by atoms with Gasteiger partial charge in [-0.1, -0.05) is 12.1 Å². The molecule has 0 bridgehead atoms. The standard InChI is InChI=1S/C20H21N5O2S/c1-3-25-14-7-5-4-6-13(14)23-18(25)11-21-19(26)12-22-20(27)16-10-17-15(24(16)2)8-9-28-17/h4-10H,3,11-12H2,1-2H3,(H,21,26)(H,22,27). The zero-order valence-corrected chi connectivity index (χ0v) is 16.5. The van der Waals surface area contributed by atoms with Crippen molar-refractivity contribution in [2.24, 2.45) is 7.05 Å². The molecule has 0 saturated carbocycles. The maximum atomic E-state index is 12.4. The molecule has 8 heteroatoms. The van der Waals surface area contributed by atoms with Crippen LogP contribution >= 0.6 is 11.3 Å². The number of hydrogen-bond acceptors (Lipinski definition) is 4. The number of thiophene rings is 1. The van der Waals surface area contributed by atoms with Crippen molar-refractivity contribution in [2.45, 2.75) is 20.0 Å². The van der Waals surface area contributed by atoms with Crippen LogP contribution in [0.2, 0.25) is 0 Å². The number of hydrogen-bond donors (Lipinski definition) is 2. The molecule has 0 unspecified atom stereocenters. The van der Waals surface area contributed by atoms with Crippen molar-refractivity contribution in [2.75, 3.05) is 6.54 Å². The van der Waals surface area contributed by atoms with Crippen LogP contribution in [0.25, 0.3) is 21.3 Å². The van der Waals surface area contributed by atoms with Crippen molar-refractivity contribution < 1.29 is 9.59 Å². The highest BCUT2D eigenvalue weighted by atomic mass is 32.1. The van der Waals surface area contributed by atoms with Crippen molar-refractivity contribution in [3.63, 3.8) is 0 Å². The van der Waals surface area contributed by atoms with Crippen LogP contribution in [0, 0.1) is 0 Å². The minimum Gasteiger partial charge on any atom is -0.347 e. The van der Waals surface area contributed by atoms with Gasteiger partial charge in [0.15, 0.2) is 0 Å². The van der Waals surface area contributed by atoms with Gasteiger partial charge >= 0.3 is 0 Å². The third-order valence-corrected chi connectivity index (χ3v) is 5.65. The van der Waals surface area contributed by atoms with E-state index in [-0.39, 0.29) is 18.4 Å². The molecular formula is C20H21N5O2S. The number of carbonyl (C=O) groups excluding carboxylic acids is 2. The Balaban J connectivity index is 1.36. The molecule has 0 fully saturated rings. The Morgan fingerprint density at radius 1 is 1.14 bits per heavy atom. The molecule has 3 heterocycles. The van der Waals surface area contributed by atoms with E-state index in [9.17, 15) is 9.59 Å².